The molecule has 1 rings (SSSR count). The van der Waals surface area contributed by atoms with Crippen LogP contribution in [0.4, 0.5) is 5.69 Å². The molecule has 0 fully saturated rings. The first kappa shape index (κ1) is 22.3. The van der Waals surface area contributed by atoms with Gasteiger partial charge in [-0.05, 0) is 31.4 Å². The molecular weight excluding hydrogens is 328 g/mol. The third-order valence-electron chi connectivity index (χ3n) is 3.91. The van der Waals surface area contributed by atoms with Crippen molar-refractivity contribution < 1.29 is 9.47 Å². The Labute approximate surface area is 158 Å². The van der Waals surface area contributed by atoms with Gasteiger partial charge in [0.1, 0.15) is 0 Å². The Hall–Kier alpha value is -1.79. The summed E-state index contributed by atoms with van der Waals surface area (Å²) in [5.74, 6) is 1.33. The highest BCUT2D eigenvalue weighted by Gasteiger charge is 2.13. The van der Waals surface area contributed by atoms with E-state index in [1.807, 2.05) is 18.2 Å². The third kappa shape index (κ3) is 10.3. The van der Waals surface area contributed by atoms with Crippen LogP contribution in [0.25, 0.3) is 0 Å². The molecule has 148 valence electrons. The molecule has 0 saturated carbocycles. The predicted octanol–water partition coefficient (Wildman–Crippen LogP) is 2.73. The van der Waals surface area contributed by atoms with E-state index in [2.05, 4.69) is 48.9 Å². The summed E-state index contributed by atoms with van der Waals surface area (Å²) < 4.78 is 10.4. The van der Waals surface area contributed by atoms with Crippen molar-refractivity contribution in [3.05, 3.63) is 30.3 Å². The Kier molecular flexibility index (Phi) is 12.3. The fraction of sp³-hybridized carbons (Fsp3) is 0.650. The fourth-order valence-corrected chi connectivity index (χ4v) is 2.33. The number of hydrogen-bond donors (Lipinski definition) is 3. The molecule has 0 aliphatic carbocycles. The number of benzene rings is 1. The van der Waals surface area contributed by atoms with Gasteiger partial charge in [-0.25, -0.2) is 0 Å². The lowest BCUT2D eigenvalue weighted by Crippen LogP contribution is -2.39. The van der Waals surface area contributed by atoms with Crippen LogP contribution in [0.2, 0.25) is 0 Å². The largest absolute Gasteiger partial charge is 0.382 e. The van der Waals surface area contributed by atoms with Crippen molar-refractivity contribution in [2.75, 3.05) is 51.9 Å². The van der Waals surface area contributed by atoms with E-state index in [1.165, 1.54) is 0 Å². The molecule has 1 aromatic rings. The first-order valence-corrected chi connectivity index (χ1v) is 9.57. The number of anilines is 1. The highest BCUT2D eigenvalue weighted by Crippen LogP contribution is 2.12. The van der Waals surface area contributed by atoms with Crippen molar-refractivity contribution in [1.82, 2.24) is 10.6 Å². The summed E-state index contributed by atoms with van der Waals surface area (Å²) in [6, 6.07) is 10.6. The maximum Gasteiger partial charge on any atom is 0.191 e. The van der Waals surface area contributed by atoms with E-state index in [4.69, 9.17) is 14.5 Å². The van der Waals surface area contributed by atoms with Gasteiger partial charge in [-0.1, -0.05) is 32.0 Å². The molecule has 26 heavy (non-hydrogen) atoms. The van der Waals surface area contributed by atoms with Crippen LogP contribution >= 0.6 is 0 Å². The van der Waals surface area contributed by atoms with Gasteiger partial charge in [0.25, 0.3) is 0 Å². The average molecular weight is 365 g/mol. The molecule has 0 heterocycles. The van der Waals surface area contributed by atoms with E-state index in [1.54, 1.807) is 7.11 Å². The number of nitrogens with zero attached hydrogens (tertiary/aromatic N) is 1. The van der Waals surface area contributed by atoms with Gasteiger partial charge in [-0.15, -0.1) is 0 Å². The highest BCUT2D eigenvalue weighted by atomic mass is 16.5. The lowest BCUT2D eigenvalue weighted by Gasteiger charge is -2.22. The van der Waals surface area contributed by atoms with Crippen molar-refractivity contribution in [2.24, 2.45) is 10.9 Å². The van der Waals surface area contributed by atoms with Crippen molar-refractivity contribution in [2.45, 2.75) is 33.2 Å². The second kappa shape index (κ2) is 14.4. The van der Waals surface area contributed by atoms with Crippen LogP contribution in [0.15, 0.2) is 35.3 Å². The number of aliphatic imine (C=N–C) groups is 1. The molecule has 1 unspecified atom stereocenters. The molecule has 3 N–H and O–H groups in total. The Morgan fingerprint density at radius 1 is 1.08 bits per heavy atom. The van der Waals surface area contributed by atoms with Gasteiger partial charge in [0.2, 0.25) is 0 Å². The Balaban J connectivity index is 2.43. The van der Waals surface area contributed by atoms with E-state index in [0.29, 0.717) is 25.7 Å². The summed E-state index contributed by atoms with van der Waals surface area (Å²) in [5, 5.41) is 10.2. The summed E-state index contributed by atoms with van der Waals surface area (Å²) in [4.78, 5) is 4.75. The van der Waals surface area contributed by atoms with Crippen LogP contribution < -0.4 is 16.0 Å². The zero-order valence-corrected chi connectivity index (χ0v) is 16.8. The predicted molar refractivity (Wildman–Crippen MR) is 110 cm³/mol. The van der Waals surface area contributed by atoms with Crippen LogP contribution in [0.1, 0.15) is 27.2 Å². The number of nitrogens with one attached hydrogen (secondary N) is 3. The topological polar surface area (TPSA) is 66.9 Å². The van der Waals surface area contributed by atoms with Gasteiger partial charge in [0, 0.05) is 38.5 Å². The molecule has 0 saturated heterocycles. The highest BCUT2D eigenvalue weighted by molar-refractivity contribution is 5.79. The van der Waals surface area contributed by atoms with Crippen molar-refractivity contribution in [1.29, 1.82) is 0 Å². The third-order valence-corrected chi connectivity index (χ3v) is 3.91. The van der Waals surface area contributed by atoms with E-state index in [9.17, 15) is 0 Å². The second-order valence-electron chi connectivity index (χ2n) is 6.47. The fourth-order valence-electron chi connectivity index (χ4n) is 2.33. The maximum absolute atomic E-state index is 5.48. The minimum atomic E-state index is 0.283. The van der Waals surface area contributed by atoms with E-state index in [-0.39, 0.29) is 6.04 Å². The number of guanidine groups is 1. The lowest BCUT2D eigenvalue weighted by atomic mass is 10.0. The summed E-state index contributed by atoms with van der Waals surface area (Å²) in [6.07, 6.45) is 0.935. The van der Waals surface area contributed by atoms with Gasteiger partial charge in [-0.2, -0.15) is 0 Å². The number of ether oxygens (including phenoxy) is 2. The van der Waals surface area contributed by atoms with Gasteiger partial charge < -0.3 is 25.4 Å². The first-order valence-electron chi connectivity index (χ1n) is 9.57. The standard InChI is InChI=1S/C20H36N4O2/c1-5-21-20(22-12-9-13-26-15-14-25-4)23-16-19(17(2)3)24-18-10-7-6-8-11-18/h6-8,10-11,17,19,24H,5,9,12-16H2,1-4H3,(H2,21,22,23). The van der Waals surface area contributed by atoms with Gasteiger partial charge in [0.15, 0.2) is 5.96 Å². The first-order chi connectivity index (χ1) is 12.7. The Morgan fingerprint density at radius 2 is 1.85 bits per heavy atom. The van der Waals surface area contributed by atoms with Crippen LogP contribution in [0.3, 0.4) is 0 Å². The average Bonchev–Trinajstić information content (AvgIpc) is 2.64. The number of rotatable bonds is 13. The number of hydrogen-bond acceptors (Lipinski definition) is 4. The molecule has 0 aromatic heterocycles. The molecule has 1 aromatic carbocycles. The zero-order chi connectivity index (χ0) is 19.0. The molecule has 0 radical (unpaired) electrons. The van der Waals surface area contributed by atoms with Gasteiger partial charge in [-0.3, -0.25) is 4.99 Å². The van der Waals surface area contributed by atoms with Gasteiger partial charge >= 0.3 is 0 Å². The summed E-state index contributed by atoms with van der Waals surface area (Å²) in [7, 11) is 1.68. The second-order valence-corrected chi connectivity index (χ2v) is 6.47. The molecular formula is C20H36N4O2. The molecule has 1 atom stereocenters. The summed E-state index contributed by atoms with van der Waals surface area (Å²) >= 11 is 0. The molecule has 6 heteroatoms. The van der Waals surface area contributed by atoms with Crippen molar-refractivity contribution >= 4 is 11.6 Å². The summed E-state index contributed by atoms with van der Waals surface area (Å²) in [5.41, 5.74) is 1.13. The van der Waals surface area contributed by atoms with Crippen LogP contribution in [-0.4, -0.2) is 58.6 Å². The van der Waals surface area contributed by atoms with Crippen LogP contribution in [-0.2, 0) is 9.47 Å². The summed E-state index contributed by atoms with van der Waals surface area (Å²) in [6.45, 7) is 10.9. The monoisotopic (exact) mass is 364 g/mol. The normalized spacial score (nSPS) is 12.9. The van der Waals surface area contributed by atoms with E-state index < -0.39 is 0 Å². The molecule has 0 spiro atoms. The molecule has 6 nitrogen and oxygen atoms in total. The van der Waals surface area contributed by atoms with Crippen LogP contribution in [0, 0.1) is 5.92 Å². The maximum atomic E-state index is 5.48. The van der Waals surface area contributed by atoms with E-state index in [0.717, 1.165) is 37.8 Å². The Morgan fingerprint density at radius 3 is 2.50 bits per heavy atom. The quantitative estimate of drug-likeness (QED) is 0.285. The van der Waals surface area contributed by atoms with Gasteiger partial charge in [0.05, 0.1) is 19.8 Å². The minimum absolute atomic E-state index is 0.283. The molecule has 0 aliphatic rings. The zero-order valence-electron chi connectivity index (χ0n) is 16.8. The SMILES string of the molecule is CCNC(=NCC(Nc1ccccc1)C(C)C)NCCCOCCOC. The molecule has 0 aliphatic heterocycles. The van der Waals surface area contributed by atoms with Crippen molar-refractivity contribution in [3.8, 4) is 0 Å². The smallest absolute Gasteiger partial charge is 0.191 e. The molecule has 0 amide bonds. The number of para-hydroxylation sites is 1. The minimum Gasteiger partial charge on any atom is -0.382 e. The number of methoxy groups -OCH3 is 1. The Bertz CT molecular complexity index is 480. The lowest BCUT2D eigenvalue weighted by molar-refractivity contribution is 0.0698. The molecule has 0 bridgehead atoms. The van der Waals surface area contributed by atoms with Crippen molar-refractivity contribution in [3.63, 3.8) is 0 Å². The van der Waals surface area contributed by atoms with E-state index >= 15 is 0 Å². The van der Waals surface area contributed by atoms with Crippen LogP contribution in [0.5, 0.6) is 0 Å².